The molecule has 0 bridgehead atoms. The van der Waals surface area contributed by atoms with E-state index >= 15 is 0 Å². The van der Waals surface area contributed by atoms with Gasteiger partial charge in [0.2, 0.25) is 0 Å². The van der Waals surface area contributed by atoms with Crippen LogP contribution in [-0.2, 0) is 4.74 Å². The number of rotatable bonds is 4. The lowest BCUT2D eigenvalue weighted by Gasteiger charge is -2.14. The van der Waals surface area contributed by atoms with E-state index in [1.54, 1.807) is 24.3 Å². The van der Waals surface area contributed by atoms with Crippen molar-refractivity contribution in [3.05, 3.63) is 79.9 Å². The zero-order chi connectivity index (χ0) is 16.4. The molecule has 1 fully saturated rings. The molecular weight excluding hydrogens is 300 g/mol. The summed E-state index contributed by atoms with van der Waals surface area (Å²) in [7, 11) is 0. The van der Waals surface area contributed by atoms with E-state index in [9.17, 15) is 20.2 Å². The minimum atomic E-state index is -0.432. The molecular formula is C16H14N2O5. The Labute approximate surface area is 131 Å². The van der Waals surface area contributed by atoms with Crippen molar-refractivity contribution in [2.24, 2.45) is 0 Å². The third-order valence-corrected chi connectivity index (χ3v) is 3.97. The van der Waals surface area contributed by atoms with Gasteiger partial charge in [-0.05, 0) is 48.2 Å². The highest BCUT2D eigenvalue weighted by Crippen LogP contribution is 2.41. The number of hydrogen-bond donors (Lipinski definition) is 0. The summed E-state index contributed by atoms with van der Waals surface area (Å²) in [6.07, 6.45) is 1.38. The van der Waals surface area contributed by atoms with Crippen LogP contribution in [0.3, 0.4) is 0 Å². The van der Waals surface area contributed by atoms with Crippen LogP contribution in [0.25, 0.3) is 0 Å². The van der Waals surface area contributed by atoms with E-state index in [0.717, 1.165) is 24.0 Å². The van der Waals surface area contributed by atoms with Crippen LogP contribution in [-0.4, -0.2) is 9.85 Å². The van der Waals surface area contributed by atoms with Gasteiger partial charge in [0.1, 0.15) is 0 Å². The maximum Gasteiger partial charge on any atom is 0.269 e. The lowest BCUT2D eigenvalue weighted by molar-refractivity contribution is -0.385. The number of non-ortho nitro benzene ring substituents is 2. The quantitative estimate of drug-likeness (QED) is 0.625. The van der Waals surface area contributed by atoms with Crippen molar-refractivity contribution in [3.8, 4) is 0 Å². The van der Waals surface area contributed by atoms with Crippen LogP contribution in [0.15, 0.2) is 48.5 Å². The minimum Gasteiger partial charge on any atom is -0.366 e. The van der Waals surface area contributed by atoms with E-state index in [1.807, 2.05) is 0 Å². The average molecular weight is 314 g/mol. The largest absolute Gasteiger partial charge is 0.366 e. The molecule has 23 heavy (non-hydrogen) atoms. The molecule has 118 valence electrons. The van der Waals surface area contributed by atoms with E-state index in [1.165, 1.54) is 24.3 Å². The molecule has 0 spiro atoms. The predicted octanol–water partition coefficient (Wildman–Crippen LogP) is 4.10. The Kier molecular flexibility index (Phi) is 4.03. The van der Waals surface area contributed by atoms with Gasteiger partial charge >= 0.3 is 0 Å². The Morgan fingerprint density at radius 3 is 1.39 bits per heavy atom. The number of benzene rings is 2. The zero-order valence-electron chi connectivity index (χ0n) is 12.1. The molecule has 0 amide bonds. The van der Waals surface area contributed by atoms with Crippen molar-refractivity contribution in [2.75, 3.05) is 0 Å². The monoisotopic (exact) mass is 314 g/mol. The van der Waals surface area contributed by atoms with Gasteiger partial charge in [0.05, 0.1) is 22.1 Å². The van der Waals surface area contributed by atoms with E-state index in [-0.39, 0.29) is 23.6 Å². The van der Waals surface area contributed by atoms with E-state index in [0.29, 0.717) is 0 Å². The summed E-state index contributed by atoms with van der Waals surface area (Å²) < 4.78 is 5.99. The predicted molar refractivity (Wildman–Crippen MR) is 82.0 cm³/mol. The lowest BCUT2D eigenvalue weighted by Crippen LogP contribution is -2.00. The third-order valence-electron chi connectivity index (χ3n) is 3.97. The van der Waals surface area contributed by atoms with Gasteiger partial charge in [0, 0.05) is 24.3 Å². The van der Waals surface area contributed by atoms with Gasteiger partial charge in [-0.1, -0.05) is 0 Å². The molecule has 1 saturated heterocycles. The van der Waals surface area contributed by atoms with E-state index in [2.05, 4.69) is 0 Å². The molecule has 0 aromatic heterocycles. The fourth-order valence-electron chi connectivity index (χ4n) is 2.75. The SMILES string of the molecule is O=[N+]([O-])c1ccc([C@H]2CC[C@H](c3ccc([N+](=O)[O-])cc3)O2)cc1. The van der Waals surface area contributed by atoms with Gasteiger partial charge in [0.25, 0.3) is 11.4 Å². The Hall–Kier alpha value is -2.80. The summed E-state index contributed by atoms with van der Waals surface area (Å²) in [5.41, 5.74) is 1.91. The Balaban J connectivity index is 1.70. The van der Waals surface area contributed by atoms with Crippen molar-refractivity contribution < 1.29 is 14.6 Å². The number of nitrogens with zero attached hydrogens (tertiary/aromatic N) is 2. The summed E-state index contributed by atoms with van der Waals surface area (Å²) in [6, 6.07) is 12.7. The van der Waals surface area contributed by atoms with Crippen LogP contribution in [0, 0.1) is 20.2 Å². The summed E-state index contributed by atoms with van der Waals surface area (Å²) in [6.45, 7) is 0. The molecule has 1 heterocycles. The fourth-order valence-corrected chi connectivity index (χ4v) is 2.75. The van der Waals surface area contributed by atoms with Gasteiger partial charge in [-0.15, -0.1) is 0 Å². The molecule has 1 aliphatic rings. The van der Waals surface area contributed by atoms with E-state index in [4.69, 9.17) is 4.74 Å². The Morgan fingerprint density at radius 1 is 0.739 bits per heavy atom. The van der Waals surface area contributed by atoms with Gasteiger partial charge in [-0.3, -0.25) is 20.2 Å². The molecule has 2 aromatic rings. The minimum absolute atomic E-state index is 0.0543. The van der Waals surface area contributed by atoms with Crippen LogP contribution in [0.5, 0.6) is 0 Å². The van der Waals surface area contributed by atoms with Crippen LogP contribution in [0.1, 0.15) is 36.2 Å². The highest BCUT2D eigenvalue weighted by Gasteiger charge is 2.28. The van der Waals surface area contributed by atoms with Crippen LogP contribution >= 0.6 is 0 Å². The highest BCUT2D eigenvalue weighted by molar-refractivity contribution is 5.36. The second-order valence-corrected chi connectivity index (χ2v) is 5.39. The summed E-state index contributed by atoms with van der Waals surface area (Å²) in [4.78, 5) is 20.5. The Morgan fingerprint density at radius 2 is 1.09 bits per heavy atom. The molecule has 0 radical (unpaired) electrons. The normalized spacial score (nSPS) is 20.3. The molecule has 0 N–H and O–H groups in total. The third kappa shape index (κ3) is 3.19. The van der Waals surface area contributed by atoms with Crippen molar-refractivity contribution in [3.63, 3.8) is 0 Å². The lowest BCUT2D eigenvalue weighted by atomic mass is 10.0. The maximum atomic E-state index is 10.7. The van der Waals surface area contributed by atoms with Gasteiger partial charge < -0.3 is 4.74 Å². The van der Waals surface area contributed by atoms with Crippen molar-refractivity contribution in [1.82, 2.24) is 0 Å². The fraction of sp³-hybridized carbons (Fsp3) is 0.250. The average Bonchev–Trinajstić information content (AvgIpc) is 3.05. The maximum absolute atomic E-state index is 10.7. The molecule has 0 unspecified atom stereocenters. The zero-order valence-corrected chi connectivity index (χ0v) is 12.1. The van der Waals surface area contributed by atoms with Crippen molar-refractivity contribution in [2.45, 2.75) is 25.0 Å². The second kappa shape index (κ2) is 6.13. The first-order valence-corrected chi connectivity index (χ1v) is 7.19. The molecule has 0 saturated carbocycles. The van der Waals surface area contributed by atoms with Crippen molar-refractivity contribution in [1.29, 1.82) is 0 Å². The van der Waals surface area contributed by atoms with Gasteiger partial charge in [-0.2, -0.15) is 0 Å². The van der Waals surface area contributed by atoms with E-state index < -0.39 is 9.85 Å². The second-order valence-electron chi connectivity index (χ2n) is 5.39. The first kappa shape index (κ1) is 15.1. The van der Waals surface area contributed by atoms with Crippen molar-refractivity contribution >= 4 is 11.4 Å². The first-order valence-electron chi connectivity index (χ1n) is 7.19. The molecule has 3 rings (SSSR count). The molecule has 7 nitrogen and oxygen atoms in total. The number of nitro benzene ring substituents is 2. The number of nitro groups is 2. The Bertz CT molecular complexity index is 664. The molecule has 2 atom stereocenters. The molecule has 1 aliphatic heterocycles. The topological polar surface area (TPSA) is 95.5 Å². The summed E-state index contributed by atoms with van der Waals surface area (Å²) in [5, 5.41) is 21.3. The molecule has 7 heteroatoms. The molecule has 2 aromatic carbocycles. The first-order chi connectivity index (χ1) is 11.0. The van der Waals surface area contributed by atoms with Crippen LogP contribution in [0.2, 0.25) is 0 Å². The van der Waals surface area contributed by atoms with Gasteiger partial charge in [-0.25, -0.2) is 0 Å². The molecule has 0 aliphatic carbocycles. The summed E-state index contributed by atoms with van der Waals surface area (Å²) >= 11 is 0. The van der Waals surface area contributed by atoms with Crippen LogP contribution in [0.4, 0.5) is 11.4 Å². The number of ether oxygens (including phenoxy) is 1. The van der Waals surface area contributed by atoms with Crippen LogP contribution < -0.4 is 0 Å². The summed E-state index contributed by atoms with van der Waals surface area (Å²) in [5.74, 6) is 0. The number of hydrogen-bond acceptors (Lipinski definition) is 5. The van der Waals surface area contributed by atoms with Gasteiger partial charge in [0.15, 0.2) is 0 Å². The highest BCUT2D eigenvalue weighted by atomic mass is 16.6. The smallest absolute Gasteiger partial charge is 0.269 e. The standard InChI is InChI=1S/C16H14N2O5/c19-17(20)13-5-1-11(2-6-13)15-9-10-16(23-15)12-3-7-14(8-4-12)18(21)22/h1-8,15-16H,9-10H2/t15-,16-/m1/s1.